The Morgan fingerprint density at radius 3 is 2.95 bits per heavy atom. The molecule has 2 aromatic rings. The largest absolute Gasteiger partial charge is 0.494 e. The Bertz CT molecular complexity index is 632. The van der Waals surface area contributed by atoms with E-state index in [9.17, 15) is 9.18 Å². The molecule has 5 nitrogen and oxygen atoms in total. The molecule has 0 bridgehead atoms. The van der Waals surface area contributed by atoms with Crippen LogP contribution in [0, 0.1) is 5.82 Å². The molecular weight excluding hydrogens is 263 g/mol. The molecule has 1 heterocycles. The van der Waals surface area contributed by atoms with Gasteiger partial charge in [0.05, 0.1) is 12.8 Å². The fourth-order valence-electron chi connectivity index (χ4n) is 1.67. The van der Waals surface area contributed by atoms with Crippen molar-refractivity contribution in [2.75, 3.05) is 11.9 Å². The smallest absolute Gasteiger partial charge is 0.339 e. The molecule has 0 radical (unpaired) electrons. The molecular formula is C14H13FN2O3. The molecule has 0 aliphatic carbocycles. The summed E-state index contributed by atoms with van der Waals surface area (Å²) < 4.78 is 18.4. The van der Waals surface area contributed by atoms with E-state index in [1.54, 1.807) is 24.3 Å². The normalized spacial score (nSPS) is 10.1. The molecule has 1 aromatic heterocycles. The highest BCUT2D eigenvalue weighted by Crippen LogP contribution is 2.23. The third-order valence-electron chi connectivity index (χ3n) is 2.49. The van der Waals surface area contributed by atoms with Crippen LogP contribution in [0.3, 0.4) is 0 Å². The lowest BCUT2D eigenvalue weighted by Crippen LogP contribution is -2.05. The molecule has 104 valence electrons. The number of hydrogen-bond acceptors (Lipinski definition) is 4. The van der Waals surface area contributed by atoms with Crippen LogP contribution in [-0.4, -0.2) is 22.7 Å². The number of ether oxygens (including phenoxy) is 1. The molecule has 6 heteroatoms. The maximum absolute atomic E-state index is 13.0. The van der Waals surface area contributed by atoms with Crippen molar-refractivity contribution in [3.63, 3.8) is 0 Å². The Morgan fingerprint density at radius 2 is 2.25 bits per heavy atom. The van der Waals surface area contributed by atoms with Gasteiger partial charge in [0.2, 0.25) is 0 Å². The van der Waals surface area contributed by atoms with Crippen LogP contribution in [0.4, 0.5) is 15.9 Å². The van der Waals surface area contributed by atoms with Crippen LogP contribution < -0.4 is 10.1 Å². The van der Waals surface area contributed by atoms with E-state index in [0.29, 0.717) is 18.0 Å². The van der Waals surface area contributed by atoms with Gasteiger partial charge in [-0.1, -0.05) is 6.07 Å². The second-order valence-electron chi connectivity index (χ2n) is 3.94. The molecule has 0 saturated heterocycles. The quantitative estimate of drug-likeness (QED) is 0.878. The maximum Gasteiger partial charge on any atom is 0.339 e. The van der Waals surface area contributed by atoms with E-state index in [4.69, 9.17) is 9.84 Å². The topological polar surface area (TPSA) is 71.5 Å². The van der Waals surface area contributed by atoms with Crippen molar-refractivity contribution in [2.24, 2.45) is 0 Å². The van der Waals surface area contributed by atoms with Crippen LogP contribution in [0.5, 0.6) is 5.75 Å². The Labute approximate surface area is 115 Å². The van der Waals surface area contributed by atoms with Crippen LogP contribution in [-0.2, 0) is 0 Å². The Kier molecular flexibility index (Phi) is 4.14. The number of aromatic nitrogens is 1. The predicted octanol–water partition coefficient (Wildman–Crippen LogP) is 3.06. The van der Waals surface area contributed by atoms with Gasteiger partial charge in [0.25, 0.3) is 0 Å². The first-order valence-corrected chi connectivity index (χ1v) is 5.99. The van der Waals surface area contributed by atoms with Gasteiger partial charge in [0.15, 0.2) is 0 Å². The standard InChI is InChI=1S/C14H13FN2O3/c1-2-20-11-5-3-4-10(7-11)17-13-12(14(18)19)6-9(15)8-16-13/h3-8H,2H2,1H3,(H,16,17)(H,18,19). The monoisotopic (exact) mass is 276 g/mol. The fourth-order valence-corrected chi connectivity index (χ4v) is 1.67. The van der Waals surface area contributed by atoms with Gasteiger partial charge in [-0.3, -0.25) is 0 Å². The zero-order chi connectivity index (χ0) is 14.5. The summed E-state index contributed by atoms with van der Waals surface area (Å²) >= 11 is 0. The average molecular weight is 276 g/mol. The number of hydrogen-bond donors (Lipinski definition) is 2. The predicted molar refractivity (Wildman–Crippen MR) is 72.0 cm³/mol. The second kappa shape index (κ2) is 6.01. The van der Waals surface area contributed by atoms with E-state index < -0.39 is 11.8 Å². The van der Waals surface area contributed by atoms with Crippen LogP contribution in [0.15, 0.2) is 36.5 Å². The molecule has 2 N–H and O–H groups in total. The lowest BCUT2D eigenvalue weighted by molar-refractivity contribution is 0.0697. The first kappa shape index (κ1) is 13.8. The van der Waals surface area contributed by atoms with Crippen LogP contribution in [0.2, 0.25) is 0 Å². The molecule has 1 aromatic carbocycles. The van der Waals surface area contributed by atoms with Crippen molar-refractivity contribution in [2.45, 2.75) is 6.92 Å². The number of anilines is 2. The van der Waals surface area contributed by atoms with Crippen LogP contribution in [0.25, 0.3) is 0 Å². The number of halogens is 1. The SMILES string of the molecule is CCOc1cccc(Nc2ncc(F)cc2C(=O)O)c1. The summed E-state index contributed by atoms with van der Waals surface area (Å²) in [5.74, 6) is -1.22. The summed E-state index contributed by atoms with van der Waals surface area (Å²) in [5.41, 5.74) is 0.379. The highest BCUT2D eigenvalue weighted by atomic mass is 19.1. The van der Waals surface area contributed by atoms with E-state index in [2.05, 4.69) is 10.3 Å². The summed E-state index contributed by atoms with van der Waals surface area (Å²) in [4.78, 5) is 14.8. The number of pyridine rings is 1. The number of aromatic carboxylic acids is 1. The zero-order valence-electron chi connectivity index (χ0n) is 10.8. The van der Waals surface area contributed by atoms with Crippen molar-refractivity contribution in [3.8, 4) is 5.75 Å². The van der Waals surface area contributed by atoms with Gasteiger partial charge in [-0.15, -0.1) is 0 Å². The van der Waals surface area contributed by atoms with Gasteiger partial charge in [-0.25, -0.2) is 14.2 Å². The minimum atomic E-state index is -1.25. The molecule has 0 spiro atoms. The lowest BCUT2D eigenvalue weighted by atomic mass is 10.2. The zero-order valence-corrected chi connectivity index (χ0v) is 10.8. The van der Waals surface area contributed by atoms with Crippen LogP contribution >= 0.6 is 0 Å². The summed E-state index contributed by atoms with van der Waals surface area (Å²) in [6.07, 6.45) is 0.959. The van der Waals surface area contributed by atoms with Crippen molar-refractivity contribution in [1.29, 1.82) is 0 Å². The molecule has 0 fully saturated rings. The number of benzene rings is 1. The van der Waals surface area contributed by atoms with Crippen molar-refractivity contribution in [3.05, 3.63) is 47.9 Å². The highest BCUT2D eigenvalue weighted by Gasteiger charge is 2.13. The minimum Gasteiger partial charge on any atom is -0.494 e. The minimum absolute atomic E-state index is 0.0764. The molecule has 0 saturated carbocycles. The Balaban J connectivity index is 2.30. The Morgan fingerprint density at radius 1 is 1.45 bits per heavy atom. The fraction of sp³-hybridized carbons (Fsp3) is 0.143. The summed E-state index contributed by atoms with van der Waals surface area (Å²) in [5, 5.41) is 11.9. The Hall–Kier alpha value is -2.63. The summed E-state index contributed by atoms with van der Waals surface area (Å²) in [7, 11) is 0. The number of carboxylic acids is 1. The van der Waals surface area contributed by atoms with Crippen molar-refractivity contribution >= 4 is 17.5 Å². The molecule has 0 amide bonds. The van der Waals surface area contributed by atoms with E-state index in [1.807, 2.05) is 6.92 Å². The molecule has 0 atom stereocenters. The number of nitrogens with one attached hydrogen (secondary N) is 1. The first-order valence-electron chi connectivity index (χ1n) is 5.99. The van der Waals surface area contributed by atoms with E-state index in [0.717, 1.165) is 12.3 Å². The van der Waals surface area contributed by atoms with E-state index in [1.165, 1.54) is 0 Å². The third kappa shape index (κ3) is 3.23. The second-order valence-corrected chi connectivity index (χ2v) is 3.94. The molecule has 2 rings (SSSR count). The van der Waals surface area contributed by atoms with Gasteiger partial charge < -0.3 is 15.2 Å². The highest BCUT2D eigenvalue weighted by molar-refractivity contribution is 5.93. The van der Waals surface area contributed by atoms with Gasteiger partial charge in [-0.2, -0.15) is 0 Å². The molecule has 0 unspecified atom stereocenters. The summed E-state index contributed by atoms with van der Waals surface area (Å²) in [6, 6.07) is 7.91. The third-order valence-corrected chi connectivity index (χ3v) is 2.49. The van der Waals surface area contributed by atoms with Gasteiger partial charge in [-0.05, 0) is 25.1 Å². The average Bonchev–Trinajstić information content (AvgIpc) is 2.41. The number of nitrogens with zero attached hydrogens (tertiary/aromatic N) is 1. The van der Waals surface area contributed by atoms with E-state index >= 15 is 0 Å². The van der Waals surface area contributed by atoms with E-state index in [-0.39, 0.29) is 11.4 Å². The number of carboxylic acid groups (broad SMARTS) is 1. The van der Waals surface area contributed by atoms with Gasteiger partial charge in [0.1, 0.15) is 22.9 Å². The first-order chi connectivity index (χ1) is 9.60. The van der Waals surface area contributed by atoms with Crippen molar-refractivity contribution in [1.82, 2.24) is 4.98 Å². The summed E-state index contributed by atoms with van der Waals surface area (Å²) in [6.45, 7) is 2.39. The van der Waals surface area contributed by atoms with Crippen LogP contribution in [0.1, 0.15) is 17.3 Å². The lowest BCUT2D eigenvalue weighted by Gasteiger charge is -2.10. The number of carbonyl (C=O) groups is 1. The molecule has 0 aliphatic rings. The van der Waals surface area contributed by atoms with Crippen molar-refractivity contribution < 1.29 is 19.0 Å². The van der Waals surface area contributed by atoms with Gasteiger partial charge >= 0.3 is 5.97 Å². The molecule has 20 heavy (non-hydrogen) atoms. The number of rotatable bonds is 5. The van der Waals surface area contributed by atoms with Gasteiger partial charge in [0, 0.05) is 11.8 Å². The maximum atomic E-state index is 13.0. The molecule has 0 aliphatic heterocycles.